The van der Waals surface area contributed by atoms with Crippen molar-refractivity contribution in [1.82, 2.24) is 9.69 Å². The minimum absolute atomic E-state index is 0.0560. The quantitative estimate of drug-likeness (QED) is 0.220. The zero-order valence-electron chi connectivity index (χ0n) is 20.4. The number of nitrogens with zero attached hydrogens (tertiary/aromatic N) is 1. The first kappa shape index (κ1) is 25.0. The van der Waals surface area contributed by atoms with E-state index >= 15 is 0 Å². The van der Waals surface area contributed by atoms with Crippen LogP contribution in [0.15, 0.2) is 84.9 Å². The SMILES string of the molecule is COc1ccc(-c2ccc(CNC(CCN)c3nsc4ccc(-c5cc(F)cc(F)c5)cc34)cc2)cc1. The van der Waals surface area contributed by atoms with E-state index in [2.05, 4.69) is 29.6 Å². The lowest BCUT2D eigenvalue weighted by molar-refractivity contribution is 0.415. The molecule has 0 aliphatic heterocycles. The van der Waals surface area contributed by atoms with Crippen LogP contribution in [0.25, 0.3) is 32.3 Å². The van der Waals surface area contributed by atoms with Crippen molar-refractivity contribution in [3.8, 4) is 28.0 Å². The third kappa shape index (κ3) is 5.69. The minimum Gasteiger partial charge on any atom is -0.497 e. The lowest BCUT2D eigenvalue weighted by atomic mass is 10.00. The van der Waals surface area contributed by atoms with Crippen LogP contribution in [0.5, 0.6) is 5.75 Å². The van der Waals surface area contributed by atoms with Crippen molar-refractivity contribution >= 4 is 21.6 Å². The van der Waals surface area contributed by atoms with Crippen LogP contribution < -0.4 is 15.8 Å². The normalized spacial score (nSPS) is 12.1. The molecular formula is C30H27F2N3OS. The van der Waals surface area contributed by atoms with Crippen LogP contribution in [0.4, 0.5) is 8.78 Å². The Labute approximate surface area is 218 Å². The highest BCUT2D eigenvalue weighted by molar-refractivity contribution is 7.13. The van der Waals surface area contributed by atoms with Gasteiger partial charge in [-0.3, -0.25) is 0 Å². The van der Waals surface area contributed by atoms with Crippen molar-refractivity contribution in [1.29, 1.82) is 0 Å². The molecule has 1 heterocycles. The summed E-state index contributed by atoms with van der Waals surface area (Å²) in [4.78, 5) is 0. The topological polar surface area (TPSA) is 60.2 Å². The molecule has 37 heavy (non-hydrogen) atoms. The maximum absolute atomic E-state index is 13.8. The molecule has 0 saturated heterocycles. The summed E-state index contributed by atoms with van der Waals surface area (Å²) in [6.07, 6.45) is 0.710. The summed E-state index contributed by atoms with van der Waals surface area (Å²) in [5.41, 5.74) is 11.5. The predicted molar refractivity (Wildman–Crippen MR) is 147 cm³/mol. The molecule has 0 radical (unpaired) electrons. The fourth-order valence-electron chi connectivity index (χ4n) is 4.45. The summed E-state index contributed by atoms with van der Waals surface area (Å²) < 4.78 is 38.6. The summed E-state index contributed by atoms with van der Waals surface area (Å²) in [5.74, 6) is -0.362. The first-order chi connectivity index (χ1) is 18.0. The Morgan fingerprint density at radius 2 is 1.49 bits per heavy atom. The largest absolute Gasteiger partial charge is 0.497 e. The van der Waals surface area contributed by atoms with Gasteiger partial charge in [-0.25, -0.2) is 8.78 Å². The molecule has 7 heteroatoms. The van der Waals surface area contributed by atoms with E-state index in [1.807, 2.05) is 42.5 Å². The molecule has 1 atom stereocenters. The van der Waals surface area contributed by atoms with Gasteiger partial charge in [-0.2, -0.15) is 4.37 Å². The van der Waals surface area contributed by atoms with E-state index in [4.69, 9.17) is 14.8 Å². The highest BCUT2D eigenvalue weighted by Crippen LogP contribution is 2.33. The van der Waals surface area contributed by atoms with Gasteiger partial charge in [0.25, 0.3) is 0 Å². The van der Waals surface area contributed by atoms with E-state index in [0.717, 1.165) is 49.8 Å². The summed E-state index contributed by atoms with van der Waals surface area (Å²) in [5, 5.41) is 4.58. The molecule has 0 bridgehead atoms. The van der Waals surface area contributed by atoms with Gasteiger partial charge in [-0.05, 0) is 88.7 Å². The van der Waals surface area contributed by atoms with Gasteiger partial charge in [0.05, 0.1) is 23.5 Å². The molecule has 5 rings (SSSR count). The molecule has 4 nitrogen and oxygen atoms in total. The van der Waals surface area contributed by atoms with Crippen molar-refractivity contribution in [3.63, 3.8) is 0 Å². The zero-order chi connectivity index (χ0) is 25.8. The van der Waals surface area contributed by atoms with Crippen LogP contribution in [0.1, 0.15) is 23.7 Å². The molecular weight excluding hydrogens is 488 g/mol. The Balaban J connectivity index is 1.35. The van der Waals surface area contributed by atoms with Gasteiger partial charge in [0, 0.05) is 18.0 Å². The lowest BCUT2D eigenvalue weighted by Gasteiger charge is -2.17. The van der Waals surface area contributed by atoms with Crippen LogP contribution in [-0.2, 0) is 6.54 Å². The first-order valence-electron chi connectivity index (χ1n) is 12.1. The Bertz CT molecular complexity index is 1480. The highest BCUT2D eigenvalue weighted by Gasteiger charge is 2.18. The maximum Gasteiger partial charge on any atom is 0.126 e. The molecule has 0 amide bonds. The fraction of sp³-hybridized carbons (Fsp3) is 0.167. The zero-order valence-corrected chi connectivity index (χ0v) is 21.2. The van der Waals surface area contributed by atoms with Crippen molar-refractivity contribution in [2.75, 3.05) is 13.7 Å². The number of hydrogen-bond donors (Lipinski definition) is 2. The number of halogens is 2. The molecule has 0 spiro atoms. The number of aromatic nitrogens is 1. The summed E-state index contributed by atoms with van der Waals surface area (Å²) in [6.45, 7) is 1.16. The summed E-state index contributed by atoms with van der Waals surface area (Å²) in [6, 6.07) is 25.7. The van der Waals surface area contributed by atoms with Crippen molar-refractivity contribution in [2.45, 2.75) is 19.0 Å². The van der Waals surface area contributed by atoms with E-state index in [-0.39, 0.29) is 6.04 Å². The van der Waals surface area contributed by atoms with Gasteiger partial charge in [0.2, 0.25) is 0 Å². The standard InChI is InChI=1S/C30H27F2N3OS/c1-36-26-9-6-21(7-10-26)20-4-2-19(3-5-20)18-34-28(12-13-33)30-27-16-22(8-11-29(27)37-35-30)23-14-24(31)17-25(32)15-23/h2-11,14-17,28,34H,12-13,18,33H2,1H3. The molecule has 5 aromatic rings. The van der Waals surface area contributed by atoms with E-state index in [0.29, 0.717) is 25.1 Å². The summed E-state index contributed by atoms with van der Waals surface area (Å²) >= 11 is 1.41. The third-order valence-corrected chi connectivity index (χ3v) is 7.25. The van der Waals surface area contributed by atoms with Crippen molar-refractivity contribution in [2.24, 2.45) is 5.73 Å². The van der Waals surface area contributed by atoms with Gasteiger partial charge in [0.1, 0.15) is 17.4 Å². The van der Waals surface area contributed by atoms with Gasteiger partial charge < -0.3 is 15.8 Å². The van der Waals surface area contributed by atoms with Crippen LogP contribution in [0.3, 0.4) is 0 Å². The molecule has 0 fully saturated rings. The monoisotopic (exact) mass is 515 g/mol. The summed E-state index contributed by atoms with van der Waals surface area (Å²) in [7, 11) is 1.66. The Kier molecular flexibility index (Phi) is 7.55. The second kappa shape index (κ2) is 11.2. The number of nitrogens with one attached hydrogen (secondary N) is 1. The van der Waals surface area contributed by atoms with Crippen LogP contribution >= 0.6 is 11.5 Å². The smallest absolute Gasteiger partial charge is 0.126 e. The molecule has 0 aliphatic rings. The fourth-order valence-corrected chi connectivity index (χ4v) is 5.26. The minimum atomic E-state index is -0.598. The molecule has 4 aromatic carbocycles. The number of benzene rings is 4. The number of rotatable bonds is 9. The molecule has 3 N–H and O–H groups in total. The van der Waals surface area contributed by atoms with E-state index in [1.165, 1.54) is 23.7 Å². The van der Waals surface area contributed by atoms with E-state index in [1.54, 1.807) is 7.11 Å². The highest BCUT2D eigenvalue weighted by atomic mass is 32.1. The first-order valence-corrected chi connectivity index (χ1v) is 12.8. The number of nitrogens with two attached hydrogens (primary N) is 1. The Hall–Kier alpha value is -3.65. The molecule has 0 aliphatic carbocycles. The van der Waals surface area contributed by atoms with Crippen molar-refractivity contribution in [3.05, 3.63) is 108 Å². The molecule has 1 unspecified atom stereocenters. The van der Waals surface area contributed by atoms with E-state index in [9.17, 15) is 8.78 Å². The Morgan fingerprint density at radius 1 is 0.838 bits per heavy atom. The second-order valence-corrected chi connectivity index (χ2v) is 9.68. The number of fused-ring (bicyclic) bond motifs is 1. The van der Waals surface area contributed by atoms with Crippen molar-refractivity contribution < 1.29 is 13.5 Å². The maximum atomic E-state index is 13.8. The average molecular weight is 516 g/mol. The van der Waals surface area contributed by atoms with Gasteiger partial charge in [-0.15, -0.1) is 0 Å². The second-order valence-electron chi connectivity index (χ2n) is 8.87. The van der Waals surface area contributed by atoms with Gasteiger partial charge in [0.15, 0.2) is 0 Å². The predicted octanol–water partition coefficient (Wildman–Crippen LogP) is 7.10. The van der Waals surface area contributed by atoms with Gasteiger partial charge >= 0.3 is 0 Å². The van der Waals surface area contributed by atoms with E-state index < -0.39 is 11.6 Å². The lowest BCUT2D eigenvalue weighted by Crippen LogP contribution is -2.24. The molecule has 0 saturated carbocycles. The van der Waals surface area contributed by atoms with Gasteiger partial charge in [-0.1, -0.05) is 42.5 Å². The van der Waals surface area contributed by atoms with Crippen LogP contribution in [0.2, 0.25) is 0 Å². The number of ether oxygens (including phenoxy) is 1. The average Bonchev–Trinajstić information content (AvgIpc) is 3.34. The van der Waals surface area contributed by atoms with Crippen LogP contribution in [0, 0.1) is 11.6 Å². The van der Waals surface area contributed by atoms with Crippen LogP contribution in [-0.4, -0.2) is 18.0 Å². The molecule has 1 aromatic heterocycles. The number of hydrogen-bond acceptors (Lipinski definition) is 5. The number of methoxy groups -OCH3 is 1. The molecule has 188 valence electrons. The third-order valence-electron chi connectivity index (χ3n) is 6.41. The Morgan fingerprint density at radius 3 is 2.14 bits per heavy atom.